The van der Waals surface area contributed by atoms with Gasteiger partial charge in [-0.2, -0.15) is 5.10 Å². The molecule has 0 radical (unpaired) electrons. The van der Waals surface area contributed by atoms with Gasteiger partial charge < -0.3 is 5.32 Å². The minimum atomic E-state index is -0.236. The molecule has 0 spiro atoms. The van der Waals surface area contributed by atoms with Crippen LogP contribution in [0.25, 0.3) is 22.4 Å². The van der Waals surface area contributed by atoms with Gasteiger partial charge in [-0.15, -0.1) is 0 Å². The molecule has 1 amide bonds. The number of fused-ring (bicyclic) bond motifs is 1. The van der Waals surface area contributed by atoms with Crippen LogP contribution in [0, 0.1) is 0 Å². The Morgan fingerprint density at radius 2 is 2.00 bits per heavy atom. The molecule has 0 aliphatic rings. The Balaban J connectivity index is 2.06. The van der Waals surface area contributed by atoms with E-state index in [1.807, 2.05) is 44.2 Å². The van der Waals surface area contributed by atoms with Gasteiger partial charge in [0.25, 0.3) is 5.91 Å². The molecule has 21 heavy (non-hydrogen) atoms. The van der Waals surface area contributed by atoms with E-state index in [4.69, 9.17) is 0 Å². The van der Waals surface area contributed by atoms with E-state index < -0.39 is 0 Å². The van der Waals surface area contributed by atoms with Crippen LogP contribution in [0.4, 0.5) is 0 Å². The van der Waals surface area contributed by atoms with Crippen molar-refractivity contribution in [3.05, 3.63) is 42.2 Å². The van der Waals surface area contributed by atoms with Gasteiger partial charge in [0.15, 0.2) is 5.65 Å². The summed E-state index contributed by atoms with van der Waals surface area (Å²) in [5.74, 6) is -0.236. The largest absolute Gasteiger partial charge is 0.348 e. The second-order valence-corrected chi connectivity index (χ2v) is 5.02. The average molecular weight is 281 g/mol. The van der Waals surface area contributed by atoms with Gasteiger partial charge >= 0.3 is 0 Å². The van der Waals surface area contributed by atoms with Gasteiger partial charge in [0, 0.05) is 11.6 Å². The number of rotatable bonds is 3. The number of hydrogen-bond donors (Lipinski definition) is 2. The van der Waals surface area contributed by atoms with E-state index in [0.29, 0.717) is 11.2 Å². The second-order valence-electron chi connectivity index (χ2n) is 5.02. The summed E-state index contributed by atoms with van der Waals surface area (Å²) in [7, 11) is 0. The Bertz CT molecular complexity index is 779. The summed E-state index contributed by atoms with van der Waals surface area (Å²) in [6, 6.07) is 9.77. The molecular formula is C15H15N5O. The summed E-state index contributed by atoms with van der Waals surface area (Å²) in [4.78, 5) is 20.6. The number of H-pyrrole nitrogens is 1. The van der Waals surface area contributed by atoms with Gasteiger partial charge in [-0.3, -0.25) is 9.89 Å². The Morgan fingerprint density at radius 3 is 2.71 bits per heavy atom. The number of aromatic amines is 1. The molecule has 0 fully saturated rings. The van der Waals surface area contributed by atoms with Crippen LogP contribution >= 0.6 is 0 Å². The van der Waals surface area contributed by atoms with Crippen LogP contribution in [0.2, 0.25) is 0 Å². The third kappa shape index (κ3) is 2.60. The van der Waals surface area contributed by atoms with Crippen molar-refractivity contribution >= 4 is 17.1 Å². The van der Waals surface area contributed by atoms with Crippen LogP contribution in [0.5, 0.6) is 0 Å². The first-order chi connectivity index (χ1) is 10.1. The minimum Gasteiger partial charge on any atom is -0.348 e. The van der Waals surface area contributed by atoms with Crippen molar-refractivity contribution in [1.29, 1.82) is 0 Å². The van der Waals surface area contributed by atoms with Gasteiger partial charge in [0.2, 0.25) is 0 Å². The molecule has 6 heteroatoms. The maximum atomic E-state index is 12.0. The molecule has 0 saturated carbocycles. The van der Waals surface area contributed by atoms with Crippen LogP contribution in [-0.4, -0.2) is 32.1 Å². The lowest BCUT2D eigenvalue weighted by Gasteiger charge is -2.07. The van der Waals surface area contributed by atoms with Crippen molar-refractivity contribution in [1.82, 2.24) is 25.5 Å². The predicted octanol–water partition coefficient (Wildman–Crippen LogP) is 2.16. The van der Waals surface area contributed by atoms with Crippen molar-refractivity contribution in [2.45, 2.75) is 19.9 Å². The number of benzene rings is 1. The molecule has 6 nitrogen and oxygen atoms in total. The summed E-state index contributed by atoms with van der Waals surface area (Å²) in [5.41, 5.74) is 3.09. The van der Waals surface area contributed by atoms with Crippen molar-refractivity contribution < 1.29 is 4.79 Å². The Hall–Kier alpha value is -2.76. The van der Waals surface area contributed by atoms with E-state index in [0.717, 1.165) is 11.3 Å². The molecule has 106 valence electrons. The Kier molecular flexibility index (Phi) is 3.35. The number of carbonyl (C=O) groups is 1. The predicted molar refractivity (Wildman–Crippen MR) is 79.7 cm³/mol. The summed E-state index contributed by atoms with van der Waals surface area (Å²) in [6.07, 6.45) is 1.44. The fourth-order valence-corrected chi connectivity index (χ4v) is 2.05. The molecule has 0 atom stereocenters. The van der Waals surface area contributed by atoms with Gasteiger partial charge in [0.1, 0.15) is 11.2 Å². The normalized spacial score (nSPS) is 11.0. The smallest absolute Gasteiger partial charge is 0.271 e. The summed E-state index contributed by atoms with van der Waals surface area (Å²) in [6.45, 7) is 3.80. The monoisotopic (exact) mass is 281 g/mol. The first-order valence-corrected chi connectivity index (χ1v) is 6.72. The molecule has 3 aromatic rings. The third-order valence-corrected chi connectivity index (χ3v) is 2.98. The number of hydrogen-bond acceptors (Lipinski definition) is 4. The number of nitrogens with one attached hydrogen (secondary N) is 2. The van der Waals surface area contributed by atoms with Gasteiger partial charge in [0.05, 0.1) is 11.9 Å². The number of amides is 1. The van der Waals surface area contributed by atoms with Crippen LogP contribution < -0.4 is 5.32 Å². The summed E-state index contributed by atoms with van der Waals surface area (Å²) < 4.78 is 0. The van der Waals surface area contributed by atoms with E-state index in [1.54, 1.807) is 0 Å². The molecule has 3 rings (SSSR count). The third-order valence-electron chi connectivity index (χ3n) is 2.98. The SMILES string of the molecule is CC(C)NC(=O)c1cnc2n[nH]c(-c3ccccc3)c2n1. The molecule has 0 saturated heterocycles. The standard InChI is InChI=1S/C15H15N5O/c1-9(2)17-15(21)11-8-16-14-13(18-11)12(19-20-14)10-6-4-3-5-7-10/h3-9H,1-2H3,(H,17,21)(H,16,19,20). The lowest BCUT2D eigenvalue weighted by molar-refractivity contribution is 0.0938. The second kappa shape index (κ2) is 5.32. The number of aromatic nitrogens is 4. The molecule has 0 unspecified atom stereocenters. The average Bonchev–Trinajstić information content (AvgIpc) is 2.90. The van der Waals surface area contributed by atoms with Gasteiger partial charge in [-0.05, 0) is 13.8 Å². The summed E-state index contributed by atoms with van der Waals surface area (Å²) in [5, 5.41) is 9.86. The molecule has 0 aliphatic carbocycles. The van der Waals surface area contributed by atoms with Gasteiger partial charge in [-0.25, -0.2) is 9.97 Å². The van der Waals surface area contributed by atoms with Crippen molar-refractivity contribution in [3.63, 3.8) is 0 Å². The van der Waals surface area contributed by atoms with E-state index >= 15 is 0 Å². The highest BCUT2D eigenvalue weighted by Crippen LogP contribution is 2.23. The number of nitrogens with zero attached hydrogens (tertiary/aromatic N) is 3. The Morgan fingerprint density at radius 1 is 1.24 bits per heavy atom. The lowest BCUT2D eigenvalue weighted by Crippen LogP contribution is -2.30. The fourth-order valence-electron chi connectivity index (χ4n) is 2.05. The van der Waals surface area contributed by atoms with Crippen molar-refractivity contribution in [3.8, 4) is 11.3 Å². The number of carbonyl (C=O) groups excluding carboxylic acids is 1. The highest BCUT2D eigenvalue weighted by Gasteiger charge is 2.14. The summed E-state index contributed by atoms with van der Waals surface area (Å²) >= 11 is 0. The lowest BCUT2D eigenvalue weighted by atomic mass is 10.1. The minimum absolute atomic E-state index is 0.0490. The zero-order valence-electron chi connectivity index (χ0n) is 11.8. The zero-order valence-corrected chi connectivity index (χ0v) is 11.8. The van der Waals surface area contributed by atoms with Crippen LogP contribution in [0.1, 0.15) is 24.3 Å². The van der Waals surface area contributed by atoms with E-state index in [9.17, 15) is 4.79 Å². The zero-order chi connectivity index (χ0) is 14.8. The van der Waals surface area contributed by atoms with Crippen LogP contribution in [-0.2, 0) is 0 Å². The fraction of sp³-hybridized carbons (Fsp3) is 0.200. The quantitative estimate of drug-likeness (QED) is 0.770. The maximum absolute atomic E-state index is 12.0. The highest BCUT2D eigenvalue weighted by molar-refractivity contribution is 5.95. The molecular weight excluding hydrogens is 266 g/mol. The van der Waals surface area contributed by atoms with Crippen molar-refractivity contribution in [2.24, 2.45) is 0 Å². The molecule has 0 aliphatic heterocycles. The molecule has 2 N–H and O–H groups in total. The molecule has 2 heterocycles. The van der Waals surface area contributed by atoms with E-state index in [2.05, 4.69) is 25.5 Å². The molecule has 1 aromatic carbocycles. The topological polar surface area (TPSA) is 83.6 Å². The van der Waals surface area contributed by atoms with E-state index in [1.165, 1.54) is 6.20 Å². The van der Waals surface area contributed by atoms with Crippen LogP contribution in [0.3, 0.4) is 0 Å². The first-order valence-electron chi connectivity index (χ1n) is 6.72. The Labute approximate surface area is 121 Å². The molecule has 2 aromatic heterocycles. The van der Waals surface area contributed by atoms with Crippen LogP contribution in [0.15, 0.2) is 36.5 Å². The molecule has 0 bridgehead atoms. The first kappa shape index (κ1) is 13.2. The van der Waals surface area contributed by atoms with Crippen molar-refractivity contribution in [2.75, 3.05) is 0 Å². The van der Waals surface area contributed by atoms with Gasteiger partial charge in [-0.1, -0.05) is 30.3 Å². The van der Waals surface area contributed by atoms with E-state index in [-0.39, 0.29) is 17.6 Å². The maximum Gasteiger partial charge on any atom is 0.271 e. The highest BCUT2D eigenvalue weighted by atomic mass is 16.1.